The summed E-state index contributed by atoms with van der Waals surface area (Å²) in [6, 6.07) is 1.70. The van der Waals surface area contributed by atoms with Crippen molar-refractivity contribution in [1.29, 1.82) is 0 Å². The highest BCUT2D eigenvalue weighted by Gasteiger charge is 2.12. The van der Waals surface area contributed by atoms with Gasteiger partial charge in [0.1, 0.15) is 5.76 Å². The van der Waals surface area contributed by atoms with Gasteiger partial charge >= 0.3 is 6.03 Å². The van der Waals surface area contributed by atoms with Gasteiger partial charge in [-0.2, -0.15) is 0 Å². The lowest BCUT2D eigenvalue weighted by Gasteiger charge is -2.20. The van der Waals surface area contributed by atoms with Crippen molar-refractivity contribution in [1.82, 2.24) is 15.8 Å². The Kier molecular flexibility index (Phi) is 3.93. The van der Waals surface area contributed by atoms with E-state index in [9.17, 15) is 4.79 Å². The molecule has 0 bridgehead atoms. The lowest BCUT2D eigenvalue weighted by atomic mass is 10.1. The minimum absolute atomic E-state index is 0.163. The van der Waals surface area contributed by atoms with Crippen LogP contribution in [0.5, 0.6) is 0 Å². The van der Waals surface area contributed by atoms with Crippen LogP contribution in [0.3, 0.4) is 0 Å². The molecule has 1 aromatic rings. The fourth-order valence-electron chi connectivity index (χ4n) is 1.22. The number of aryl methyl sites for hydroxylation is 1. The molecule has 0 saturated carbocycles. The van der Waals surface area contributed by atoms with E-state index in [0.29, 0.717) is 13.0 Å². The van der Waals surface area contributed by atoms with E-state index in [1.54, 1.807) is 0 Å². The van der Waals surface area contributed by atoms with Gasteiger partial charge in [0.25, 0.3) is 0 Å². The number of carbonyl (C=O) groups excluding carboxylic acids is 1. The van der Waals surface area contributed by atoms with Crippen LogP contribution in [0, 0.1) is 6.92 Å². The standard InChI is InChI=1S/C11H19N3O2/c1-8-7-9(16-14-8)5-6-12-10(15)13-11(2,3)4/h7H,5-6H2,1-4H3,(H2,12,13,15). The molecular formula is C11H19N3O2. The second-order valence-corrected chi connectivity index (χ2v) is 4.82. The van der Waals surface area contributed by atoms with E-state index in [1.807, 2.05) is 33.8 Å². The first-order chi connectivity index (χ1) is 7.37. The maximum absolute atomic E-state index is 11.4. The number of hydrogen-bond donors (Lipinski definition) is 2. The average molecular weight is 225 g/mol. The minimum atomic E-state index is -0.215. The highest BCUT2D eigenvalue weighted by Crippen LogP contribution is 2.02. The van der Waals surface area contributed by atoms with Gasteiger partial charge in [0.05, 0.1) is 5.69 Å². The van der Waals surface area contributed by atoms with Crippen LogP contribution < -0.4 is 10.6 Å². The zero-order valence-corrected chi connectivity index (χ0v) is 10.3. The number of nitrogens with one attached hydrogen (secondary N) is 2. The molecule has 1 aromatic heterocycles. The summed E-state index contributed by atoms with van der Waals surface area (Å²) in [5, 5.41) is 9.34. The number of nitrogens with zero attached hydrogens (tertiary/aromatic N) is 1. The Bertz CT molecular complexity index is 352. The third-order valence-corrected chi connectivity index (χ3v) is 1.82. The number of hydrogen-bond acceptors (Lipinski definition) is 3. The van der Waals surface area contributed by atoms with Crippen LogP contribution in [0.2, 0.25) is 0 Å². The zero-order chi connectivity index (χ0) is 12.2. The Hall–Kier alpha value is -1.52. The molecule has 5 heteroatoms. The van der Waals surface area contributed by atoms with Crippen LogP contribution in [0.1, 0.15) is 32.2 Å². The second-order valence-electron chi connectivity index (χ2n) is 4.82. The SMILES string of the molecule is Cc1cc(CCNC(=O)NC(C)(C)C)on1. The molecule has 2 amide bonds. The number of carbonyl (C=O) groups is 1. The van der Waals surface area contributed by atoms with E-state index in [2.05, 4.69) is 15.8 Å². The van der Waals surface area contributed by atoms with Crippen molar-refractivity contribution in [3.05, 3.63) is 17.5 Å². The summed E-state index contributed by atoms with van der Waals surface area (Å²) in [7, 11) is 0. The summed E-state index contributed by atoms with van der Waals surface area (Å²) in [5.74, 6) is 0.786. The second kappa shape index (κ2) is 5.01. The summed E-state index contributed by atoms with van der Waals surface area (Å²) in [6.45, 7) is 8.22. The van der Waals surface area contributed by atoms with Crippen molar-refractivity contribution in [2.24, 2.45) is 0 Å². The van der Waals surface area contributed by atoms with Crippen LogP contribution >= 0.6 is 0 Å². The summed E-state index contributed by atoms with van der Waals surface area (Å²) in [5.41, 5.74) is 0.640. The molecule has 2 N–H and O–H groups in total. The van der Waals surface area contributed by atoms with Crippen molar-refractivity contribution in [2.75, 3.05) is 6.54 Å². The Morgan fingerprint density at radius 3 is 2.69 bits per heavy atom. The van der Waals surface area contributed by atoms with E-state index in [-0.39, 0.29) is 11.6 Å². The highest BCUT2D eigenvalue weighted by atomic mass is 16.5. The lowest BCUT2D eigenvalue weighted by Crippen LogP contribution is -2.46. The fourth-order valence-corrected chi connectivity index (χ4v) is 1.22. The minimum Gasteiger partial charge on any atom is -0.361 e. The molecule has 0 unspecified atom stereocenters. The Balaban J connectivity index is 2.23. The monoisotopic (exact) mass is 225 g/mol. The first-order valence-electron chi connectivity index (χ1n) is 5.35. The van der Waals surface area contributed by atoms with Gasteiger partial charge in [-0.05, 0) is 27.7 Å². The van der Waals surface area contributed by atoms with Crippen LogP contribution in [-0.2, 0) is 6.42 Å². The number of aromatic nitrogens is 1. The van der Waals surface area contributed by atoms with Crippen molar-refractivity contribution in [3.63, 3.8) is 0 Å². The summed E-state index contributed by atoms with van der Waals surface area (Å²) < 4.78 is 5.03. The molecule has 0 aliphatic carbocycles. The normalized spacial score (nSPS) is 11.2. The molecule has 16 heavy (non-hydrogen) atoms. The van der Waals surface area contributed by atoms with Crippen LogP contribution in [0.4, 0.5) is 4.79 Å². The molecule has 0 aliphatic rings. The first kappa shape index (κ1) is 12.5. The van der Waals surface area contributed by atoms with Gasteiger partial charge in [0.15, 0.2) is 0 Å². The predicted molar refractivity (Wildman–Crippen MR) is 61.2 cm³/mol. The first-order valence-corrected chi connectivity index (χ1v) is 5.35. The third-order valence-electron chi connectivity index (χ3n) is 1.82. The quantitative estimate of drug-likeness (QED) is 0.821. The van der Waals surface area contributed by atoms with Gasteiger partial charge in [-0.1, -0.05) is 5.16 Å². The van der Waals surface area contributed by atoms with Gasteiger partial charge < -0.3 is 15.2 Å². The number of amides is 2. The van der Waals surface area contributed by atoms with E-state index < -0.39 is 0 Å². The topological polar surface area (TPSA) is 67.2 Å². The molecule has 0 spiro atoms. The van der Waals surface area contributed by atoms with Gasteiger partial charge in [0, 0.05) is 24.6 Å². The van der Waals surface area contributed by atoms with Crippen molar-refractivity contribution in [3.8, 4) is 0 Å². The Labute approximate surface area is 95.6 Å². The van der Waals surface area contributed by atoms with Gasteiger partial charge in [0.2, 0.25) is 0 Å². The summed E-state index contributed by atoms with van der Waals surface area (Å²) >= 11 is 0. The van der Waals surface area contributed by atoms with E-state index in [0.717, 1.165) is 11.5 Å². The predicted octanol–water partition coefficient (Wildman–Crippen LogP) is 1.62. The van der Waals surface area contributed by atoms with Gasteiger partial charge in [-0.25, -0.2) is 4.79 Å². The molecule has 1 heterocycles. The van der Waals surface area contributed by atoms with Crippen LogP contribution in [-0.4, -0.2) is 23.3 Å². The molecule has 5 nitrogen and oxygen atoms in total. The van der Waals surface area contributed by atoms with Crippen LogP contribution in [0.25, 0.3) is 0 Å². The van der Waals surface area contributed by atoms with Gasteiger partial charge in [-0.3, -0.25) is 0 Å². The molecule has 90 valence electrons. The smallest absolute Gasteiger partial charge is 0.315 e. The maximum Gasteiger partial charge on any atom is 0.315 e. The number of urea groups is 1. The molecular weight excluding hydrogens is 206 g/mol. The fraction of sp³-hybridized carbons (Fsp3) is 0.636. The van der Waals surface area contributed by atoms with Gasteiger partial charge in [-0.15, -0.1) is 0 Å². The molecule has 1 rings (SSSR count). The summed E-state index contributed by atoms with van der Waals surface area (Å²) in [4.78, 5) is 11.4. The van der Waals surface area contributed by atoms with Crippen molar-refractivity contribution in [2.45, 2.75) is 39.7 Å². The Morgan fingerprint density at radius 2 is 2.19 bits per heavy atom. The average Bonchev–Trinajstić information content (AvgIpc) is 2.48. The molecule has 0 saturated heterocycles. The van der Waals surface area contributed by atoms with Crippen LogP contribution in [0.15, 0.2) is 10.6 Å². The molecule has 0 radical (unpaired) electrons. The lowest BCUT2D eigenvalue weighted by molar-refractivity contribution is 0.232. The molecule has 0 aliphatic heterocycles. The molecule has 0 aromatic carbocycles. The molecule has 0 atom stereocenters. The number of rotatable bonds is 3. The van der Waals surface area contributed by atoms with Crippen molar-refractivity contribution < 1.29 is 9.32 Å². The van der Waals surface area contributed by atoms with Crippen molar-refractivity contribution >= 4 is 6.03 Å². The van der Waals surface area contributed by atoms with E-state index in [1.165, 1.54) is 0 Å². The zero-order valence-electron chi connectivity index (χ0n) is 10.3. The molecule has 0 fully saturated rings. The highest BCUT2D eigenvalue weighted by molar-refractivity contribution is 5.74. The summed E-state index contributed by atoms with van der Waals surface area (Å²) in [6.07, 6.45) is 0.651. The maximum atomic E-state index is 11.4. The van der Waals surface area contributed by atoms with E-state index >= 15 is 0 Å². The Morgan fingerprint density at radius 1 is 1.50 bits per heavy atom. The largest absolute Gasteiger partial charge is 0.361 e. The third kappa shape index (κ3) is 4.82. The van der Waals surface area contributed by atoms with E-state index in [4.69, 9.17) is 4.52 Å².